The van der Waals surface area contributed by atoms with Crippen LogP contribution in [0.3, 0.4) is 0 Å². The number of amides is 1. The maximum Gasteiger partial charge on any atom is 0.410 e. The van der Waals surface area contributed by atoms with E-state index in [0.29, 0.717) is 32.2 Å². The third-order valence-corrected chi connectivity index (χ3v) is 4.24. The Kier molecular flexibility index (Phi) is 7.47. The molecule has 27 heavy (non-hydrogen) atoms. The van der Waals surface area contributed by atoms with Gasteiger partial charge in [0.2, 0.25) is 0 Å². The van der Waals surface area contributed by atoms with Crippen LogP contribution in [0.25, 0.3) is 0 Å². The molecule has 1 amide bonds. The van der Waals surface area contributed by atoms with Gasteiger partial charge in [0, 0.05) is 25.9 Å². The molecule has 1 aliphatic carbocycles. The first-order chi connectivity index (χ1) is 12.8. The van der Waals surface area contributed by atoms with Crippen molar-refractivity contribution in [1.82, 2.24) is 4.90 Å². The number of carbonyl (C=O) groups is 1. The minimum atomic E-state index is -0.542. The zero-order valence-electron chi connectivity index (χ0n) is 16.9. The molecule has 0 radical (unpaired) electrons. The van der Waals surface area contributed by atoms with Gasteiger partial charge in [-0.2, -0.15) is 0 Å². The number of fused-ring (bicyclic) bond motifs is 1. The number of ether oxygens (including phenoxy) is 2. The second-order valence-electron chi connectivity index (χ2n) is 7.69. The molecule has 7 heteroatoms. The molecule has 0 saturated heterocycles. The first-order valence-corrected chi connectivity index (χ1v) is 9.44. The Morgan fingerprint density at radius 3 is 2.70 bits per heavy atom. The van der Waals surface area contributed by atoms with E-state index in [1.54, 1.807) is 12.0 Å². The summed E-state index contributed by atoms with van der Waals surface area (Å²) in [6.07, 6.45) is 3.11. The molecule has 0 unspecified atom stereocenters. The third-order valence-electron chi connectivity index (χ3n) is 4.24. The van der Waals surface area contributed by atoms with E-state index in [4.69, 9.17) is 15.2 Å². The normalized spacial score (nSPS) is 14.0. The van der Waals surface area contributed by atoms with Crippen LogP contribution in [0, 0.1) is 0 Å². The quantitative estimate of drug-likeness (QED) is 0.564. The van der Waals surface area contributed by atoms with Crippen molar-refractivity contribution in [2.75, 3.05) is 38.7 Å². The number of methoxy groups -OCH3 is 1. The van der Waals surface area contributed by atoms with Gasteiger partial charge in [-0.25, -0.2) is 4.79 Å². The van der Waals surface area contributed by atoms with E-state index in [1.165, 1.54) is 17.5 Å². The third kappa shape index (κ3) is 7.09. The fraction of sp³-hybridized carbons (Fsp3) is 0.600. The van der Waals surface area contributed by atoms with Crippen molar-refractivity contribution in [2.45, 2.75) is 45.6 Å². The van der Waals surface area contributed by atoms with Gasteiger partial charge in [0.15, 0.2) is 5.96 Å². The van der Waals surface area contributed by atoms with E-state index in [2.05, 4.69) is 22.4 Å². The molecular weight excluding hydrogens is 344 g/mol. The number of rotatable bonds is 7. The van der Waals surface area contributed by atoms with E-state index < -0.39 is 5.60 Å². The zero-order chi connectivity index (χ0) is 19.9. The van der Waals surface area contributed by atoms with E-state index >= 15 is 0 Å². The number of anilines is 1. The van der Waals surface area contributed by atoms with Crippen LogP contribution >= 0.6 is 0 Å². The van der Waals surface area contributed by atoms with Crippen molar-refractivity contribution >= 4 is 17.7 Å². The maximum atomic E-state index is 12.3. The lowest BCUT2D eigenvalue weighted by Gasteiger charge is -2.26. The number of hydrogen-bond acceptors (Lipinski definition) is 4. The minimum Gasteiger partial charge on any atom is -0.444 e. The molecule has 0 aliphatic heterocycles. The number of benzene rings is 1. The Bertz CT molecular complexity index is 668. The Hall–Kier alpha value is -2.28. The molecule has 0 atom stereocenters. The molecule has 7 nitrogen and oxygen atoms in total. The molecule has 0 bridgehead atoms. The topological polar surface area (TPSA) is 89.2 Å². The predicted molar refractivity (Wildman–Crippen MR) is 108 cm³/mol. The van der Waals surface area contributed by atoms with Gasteiger partial charge in [0.1, 0.15) is 5.60 Å². The highest BCUT2D eigenvalue weighted by Gasteiger charge is 2.21. The summed E-state index contributed by atoms with van der Waals surface area (Å²) in [6.45, 7) is 7.20. The van der Waals surface area contributed by atoms with Crippen molar-refractivity contribution in [1.29, 1.82) is 0 Å². The fourth-order valence-electron chi connectivity index (χ4n) is 2.95. The van der Waals surface area contributed by atoms with E-state index in [9.17, 15) is 4.79 Å². The number of aliphatic imine (C=N–C) groups is 1. The summed E-state index contributed by atoms with van der Waals surface area (Å²) in [5.74, 6) is 0.337. The lowest BCUT2D eigenvalue weighted by atomic mass is 10.1. The van der Waals surface area contributed by atoms with Crippen LogP contribution < -0.4 is 11.1 Å². The molecule has 0 heterocycles. The predicted octanol–water partition coefficient (Wildman–Crippen LogP) is 2.79. The molecule has 1 aliphatic rings. The van der Waals surface area contributed by atoms with Crippen LogP contribution in [0.5, 0.6) is 0 Å². The summed E-state index contributed by atoms with van der Waals surface area (Å²) in [5, 5.41) is 3.12. The van der Waals surface area contributed by atoms with Crippen molar-refractivity contribution in [2.24, 2.45) is 10.7 Å². The highest BCUT2D eigenvalue weighted by molar-refractivity contribution is 5.92. The van der Waals surface area contributed by atoms with E-state index in [-0.39, 0.29) is 6.09 Å². The largest absolute Gasteiger partial charge is 0.444 e. The summed E-state index contributed by atoms with van der Waals surface area (Å²) in [4.78, 5) is 18.2. The number of carbonyl (C=O) groups excluding carboxylic acids is 1. The summed E-state index contributed by atoms with van der Waals surface area (Å²) in [7, 11) is 1.60. The van der Waals surface area contributed by atoms with Crippen LogP contribution in [-0.2, 0) is 22.3 Å². The van der Waals surface area contributed by atoms with Crippen molar-refractivity contribution < 1.29 is 14.3 Å². The zero-order valence-corrected chi connectivity index (χ0v) is 16.9. The molecule has 0 spiro atoms. The van der Waals surface area contributed by atoms with Gasteiger partial charge in [-0.1, -0.05) is 6.07 Å². The molecular formula is C20H32N4O3. The molecule has 1 aromatic carbocycles. The SMILES string of the molecule is COCCN(CCN=C(N)Nc1ccc2c(c1)CCC2)C(=O)OC(C)(C)C. The monoisotopic (exact) mass is 376 g/mol. The second kappa shape index (κ2) is 9.60. The van der Waals surface area contributed by atoms with Gasteiger partial charge in [-0.15, -0.1) is 0 Å². The Balaban J connectivity index is 1.88. The highest BCUT2D eigenvalue weighted by Crippen LogP contribution is 2.24. The van der Waals surface area contributed by atoms with Gasteiger partial charge in [0.05, 0.1) is 13.2 Å². The van der Waals surface area contributed by atoms with Gasteiger partial charge in [0.25, 0.3) is 0 Å². The van der Waals surface area contributed by atoms with Crippen LogP contribution in [0.4, 0.5) is 10.5 Å². The Morgan fingerprint density at radius 2 is 2.00 bits per heavy atom. The van der Waals surface area contributed by atoms with Crippen molar-refractivity contribution in [3.63, 3.8) is 0 Å². The average molecular weight is 377 g/mol. The lowest BCUT2D eigenvalue weighted by Crippen LogP contribution is -2.40. The number of hydrogen-bond donors (Lipinski definition) is 2. The van der Waals surface area contributed by atoms with Gasteiger partial charge < -0.3 is 25.4 Å². The number of guanidine groups is 1. The van der Waals surface area contributed by atoms with Crippen molar-refractivity contribution in [3.05, 3.63) is 29.3 Å². The van der Waals surface area contributed by atoms with Gasteiger partial charge in [-0.05, 0) is 63.3 Å². The summed E-state index contributed by atoms with van der Waals surface area (Å²) in [5.41, 5.74) is 9.19. The molecule has 0 saturated carbocycles. The second-order valence-corrected chi connectivity index (χ2v) is 7.69. The first-order valence-electron chi connectivity index (χ1n) is 9.44. The molecule has 150 valence electrons. The summed E-state index contributed by atoms with van der Waals surface area (Å²) < 4.78 is 10.5. The molecule has 1 aromatic rings. The summed E-state index contributed by atoms with van der Waals surface area (Å²) in [6, 6.07) is 6.31. The smallest absolute Gasteiger partial charge is 0.410 e. The molecule has 0 fully saturated rings. The summed E-state index contributed by atoms with van der Waals surface area (Å²) >= 11 is 0. The molecule has 2 rings (SSSR count). The first kappa shape index (κ1) is 21.0. The lowest BCUT2D eigenvalue weighted by molar-refractivity contribution is 0.0208. The molecule has 3 N–H and O–H groups in total. The van der Waals surface area contributed by atoms with Crippen molar-refractivity contribution in [3.8, 4) is 0 Å². The standard InChI is InChI=1S/C20H32N4O3/c1-20(2,3)27-19(25)24(12-13-26-4)11-10-22-18(21)23-17-9-8-15-6-5-7-16(15)14-17/h8-9,14H,5-7,10-13H2,1-4H3,(H3,21,22,23). The van der Waals surface area contributed by atoms with E-state index in [1.807, 2.05) is 26.8 Å². The van der Waals surface area contributed by atoms with Crippen LogP contribution in [-0.4, -0.2) is 55.9 Å². The van der Waals surface area contributed by atoms with Gasteiger partial charge in [-0.3, -0.25) is 4.99 Å². The minimum absolute atomic E-state index is 0.337. The van der Waals surface area contributed by atoms with Crippen LogP contribution in [0.2, 0.25) is 0 Å². The number of aryl methyl sites for hydroxylation is 2. The Labute approximate surface area is 161 Å². The maximum absolute atomic E-state index is 12.3. The highest BCUT2D eigenvalue weighted by atomic mass is 16.6. The average Bonchev–Trinajstić information content (AvgIpc) is 3.04. The molecule has 0 aromatic heterocycles. The Morgan fingerprint density at radius 1 is 1.26 bits per heavy atom. The number of nitrogens with zero attached hydrogens (tertiary/aromatic N) is 2. The van der Waals surface area contributed by atoms with Gasteiger partial charge >= 0.3 is 6.09 Å². The number of nitrogens with two attached hydrogens (primary N) is 1. The number of nitrogens with one attached hydrogen (secondary N) is 1. The van der Waals surface area contributed by atoms with Crippen LogP contribution in [0.1, 0.15) is 38.3 Å². The van der Waals surface area contributed by atoms with E-state index in [0.717, 1.165) is 18.5 Å². The fourth-order valence-corrected chi connectivity index (χ4v) is 2.95. The van der Waals surface area contributed by atoms with Crippen LogP contribution in [0.15, 0.2) is 23.2 Å².